The molecule has 1 atom stereocenters. The molecule has 3 rings (SSSR count). The number of benzene rings is 2. The summed E-state index contributed by atoms with van der Waals surface area (Å²) in [5.41, 5.74) is 14.0. The van der Waals surface area contributed by atoms with Crippen LogP contribution >= 0.6 is 0 Å². The van der Waals surface area contributed by atoms with Gasteiger partial charge in [0.05, 0.1) is 18.5 Å². The highest BCUT2D eigenvalue weighted by atomic mass is 16.6. The summed E-state index contributed by atoms with van der Waals surface area (Å²) < 4.78 is 11.2. The average molecular weight is 439 g/mol. The number of aromatic nitrogens is 2. The summed E-state index contributed by atoms with van der Waals surface area (Å²) in [4.78, 5) is 24.0. The minimum atomic E-state index is -0.779. The second-order valence-electron chi connectivity index (χ2n) is 6.87. The lowest BCUT2D eigenvalue weighted by Crippen LogP contribution is -2.23. The predicted molar refractivity (Wildman–Crippen MR) is 118 cm³/mol. The molecule has 7 N–H and O–H groups in total. The first-order valence-electron chi connectivity index (χ1n) is 9.96. The molecule has 10 heteroatoms. The lowest BCUT2D eigenvalue weighted by Gasteiger charge is -2.19. The molecule has 32 heavy (non-hydrogen) atoms. The van der Waals surface area contributed by atoms with Crippen LogP contribution in [0.25, 0.3) is 11.1 Å². The van der Waals surface area contributed by atoms with Gasteiger partial charge in [0.15, 0.2) is 0 Å². The zero-order valence-electron chi connectivity index (χ0n) is 17.3. The van der Waals surface area contributed by atoms with Crippen molar-refractivity contribution in [1.29, 1.82) is 0 Å². The van der Waals surface area contributed by atoms with Crippen molar-refractivity contribution in [2.75, 3.05) is 25.1 Å². The smallest absolute Gasteiger partial charge is 0.412 e. The Morgan fingerprint density at radius 3 is 2.72 bits per heavy atom. The van der Waals surface area contributed by atoms with E-state index < -0.39 is 18.1 Å². The zero-order valence-corrected chi connectivity index (χ0v) is 17.3. The Morgan fingerprint density at radius 2 is 2.03 bits per heavy atom. The van der Waals surface area contributed by atoms with E-state index in [1.165, 1.54) is 6.07 Å². The van der Waals surface area contributed by atoms with E-state index in [1.807, 2.05) is 0 Å². The van der Waals surface area contributed by atoms with Crippen molar-refractivity contribution in [3.63, 3.8) is 0 Å². The highest BCUT2D eigenvalue weighted by Gasteiger charge is 2.18. The quantitative estimate of drug-likeness (QED) is 0.302. The SMILES string of the molecule is NCC(OC(=O)Nc1ccc(-c2cn[nH]c2)cc1OCCCO)c1cccc(C(N)=O)c1. The molecule has 0 spiro atoms. The molecule has 0 radical (unpaired) electrons. The Balaban J connectivity index is 1.76. The molecular weight excluding hydrogens is 414 g/mol. The highest BCUT2D eigenvalue weighted by Crippen LogP contribution is 2.31. The number of aliphatic hydroxyl groups is 1. The molecule has 1 heterocycles. The summed E-state index contributed by atoms with van der Waals surface area (Å²) in [5, 5.41) is 18.4. The molecule has 0 aliphatic heterocycles. The molecule has 168 valence electrons. The number of anilines is 1. The van der Waals surface area contributed by atoms with Crippen LogP contribution in [-0.2, 0) is 4.74 Å². The first-order valence-corrected chi connectivity index (χ1v) is 9.96. The van der Waals surface area contributed by atoms with E-state index in [9.17, 15) is 9.59 Å². The Kier molecular flexibility index (Phi) is 7.79. The largest absolute Gasteiger partial charge is 0.491 e. The first kappa shape index (κ1) is 22.8. The minimum Gasteiger partial charge on any atom is -0.491 e. The van der Waals surface area contributed by atoms with Crippen molar-refractivity contribution in [1.82, 2.24) is 10.2 Å². The van der Waals surface area contributed by atoms with Crippen molar-refractivity contribution in [3.05, 3.63) is 66.0 Å². The monoisotopic (exact) mass is 439 g/mol. The number of primary amides is 1. The summed E-state index contributed by atoms with van der Waals surface area (Å²) >= 11 is 0. The molecule has 0 saturated carbocycles. The number of nitrogens with zero attached hydrogens (tertiary/aromatic N) is 1. The molecule has 0 aliphatic rings. The van der Waals surface area contributed by atoms with E-state index in [0.29, 0.717) is 29.0 Å². The molecule has 0 saturated heterocycles. The molecule has 3 aromatic rings. The number of ether oxygens (including phenoxy) is 2. The van der Waals surface area contributed by atoms with Gasteiger partial charge in [-0.1, -0.05) is 18.2 Å². The Bertz CT molecular complexity index is 1050. The third-order valence-corrected chi connectivity index (χ3v) is 4.62. The van der Waals surface area contributed by atoms with Crippen LogP contribution in [0.2, 0.25) is 0 Å². The number of carbonyl (C=O) groups is 2. The van der Waals surface area contributed by atoms with Crippen LogP contribution in [0.5, 0.6) is 5.75 Å². The normalized spacial score (nSPS) is 11.6. The first-order chi connectivity index (χ1) is 15.5. The van der Waals surface area contributed by atoms with Crippen molar-refractivity contribution < 1.29 is 24.2 Å². The second kappa shape index (κ2) is 10.9. The maximum Gasteiger partial charge on any atom is 0.412 e. The van der Waals surface area contributed by atoms with Crippen LogP contribution in [0, 0.1) is 0 Å². The second-order valence-corrected chi connectivity index (χ2v) is 6.87. The van der Waals surface area contributed by atoms with Crippen LogP contribution in [0.1, 0.15) is 28.4 Å². The van der Waals surface area contributed by atoms with Crippen molar-refractivity contribution >= 4 is 17.7 Å². The van der Waals surface area contributed by atoms with Crippen molar-refractivity contribution in [2.45, 2.75) is 12.5 Å². The molecule has 0 fully saturated rings. The number of aromatic amines is 1. The van der Waals surface area contributed by atoms with Crippen LogP contribution in [0.15, 0.2) is 54.9 Å². The van der Waals surface area contributed by atoms with E-state index in [1.54, 1.807) is 48.8 Å². The number of carbonyl (C=O) groups excluding carboxylic acids is 2. The lowest BCUT2D eigenvalue weighted by molar-refractivity contribution is 0.0999. The standard InChI is InChI=1S/C22H25N5O5/c23-11-20(15-3-1-4-16(9-15)21(24)29)32-22(30)27-18-6-5-14(17-12-25-26-13-17)10-19(18)31-8-2-7-28/h1,3-6,9-10,12-13,20,28H,2,7-8,11,23H2,(H2,24,29)(H,25,26)(H,27,30). The fourth-order valence-corrected chi connectivity index (χ4v) is 2.99. The van der Waals surface area contributed by atoms with Gasteiger partial charge in [0.25, 0.3) is 0 Å². The van der Waals surface area contributed by atoms with Crippen LogP contribution in [-0.4, -0.2) is 47.1 Å². The highest BCUT2D eigenvalue weighted by molar-refractivity contribution is 5.93. The van der Waals surface area contributed by atoms with Crippen LogP contribution < -0.4 is 21.5 Å². The molecule has 1 unspecified atom stereocenters. The van der Waals surface area contributed by atoms with Gasteiger partial charge < -0.3 is 26.0 Å². The van der Waals surface area contributed by atoms with Gasteiger partial charge in [0, 0.05) is 36.9 Å². The summed E-state index contributed by atoms with van der Waals surface area (Å²) in [6.07, 6.45) is 2.32. The van der Waals surface area contributed by atoms with Gasteiger partial charge in [-0.3, -0.25) is 15.2 Å². The van der Waals surface area contributed by atoms with Crippen LogP contribution in [0.4, 0.5) is 10.5 Å². The van der Waals surface area contributed by atoms with Gasteiger partial charge in [-0.05, 0) is 35.4 Å². The van der Waals surface area contributed by atoms with Crippen molar-refractivity contribution in [3.8, 4) is 16.9 Å². The Labute approximate surface area is 184 Å². The van der Waals surface area contributed by atoms with E-state index in [4.69, 9.17) is 26.0 Å². The third-order valence-electron chi connectivity index (χ3n) is 4.62. The molecule has 0 bridgehead atoms. The van der Waals surface area contributed by atoms with Crippen molar-refractivity contribution in [2.24, 2.45) is 11.5 Å². The predicted octanol–water partition coefficient (Wildman–Crippen LogP) is 2.19. The summed E-state index contributed by atoms with van der Waals surface area (Å²) in [6.45, 7) is 0.254. The summed E-state index contributed by atoms with van der Waals surface area (Å²) in [6, 6.07) is 11.7. The van der Waals surface area contributed by atoms with Gasteiger partial charge in [0.1, 0.15) is 11.9 Å². The van der Waals surface area contributed by atoms with Gasteiger partial charge in [-0.25, -0.2) is 4.79 Å². The number of aliphatic hydroxyl groups excluding tert-OH is 1. The Morgan fingerprint density at radius 1 is 1.19 bits per heavy atom. The topological polar surface area (TPSA) is 166 Å². The number of rotatable bonds is 10. The molecule has 10 nitrogen and oxygen atoms in total. The minimum absolute atomic E-state index is 0.00885. The van der Waals surface area contributed by atoms with E-state index in [2.05, 4.69) is 15.5 Å². The molecular formula is C22H25N5O5. The molecule has 1 aromatic heterocycles. The zero-order chi connectivity index (χ0) is 22.9. The van der Waals surface area contributed by atoms with E-state index in [-0.39, 0.29) is 19.8 Å². The van der Waals surface area contributed by atoms with Gasteiger partial charge in [-0.15, -0.1) is 0 Å². The maximum atomic E-state index is 12.6. The van der Waals surface area contributed by atoms with E-state index in [0.717, 1.165) is 11.1 Å². The summed E-state index contributed by atoms with van der Waals surface area (Å²) in [5.74, 6) is -0.177. The maximum absolute atomic E-state index is 12.6. The number of amides is 2. The lowest BCUT2D eigenvalue weighted by atomic mass is 10.1. The van der Waals surface area contributed by atoms with Gasteiger partial charge in [-0.2, -0.15) is 5.10 Å². The molecule has 2 amide bonds. The number of nitrogens with one attached hydrogen (secondary N) is 2. The summed E-state index contributed by atoms with van der Waals surface area (Å²) in [7, 11) is 0. The Hall–Kier alpha value is -3.89. The number of hydrogen-bond acceptors (Lipinski definition) is 7. The fourth-order valence-electron chi connectivity index (χ4n) is 2.99. The van der Waals surface area contributed by atoms with Crippen LogP contribution in [0.3, 0.4) is 0 Å². The average Bonchev–Trinajstić information content (AvgIpc) is 3.33. The number of hydrogen-bond donors (Lipinski definition) is 5. The molecule has 2 aromatic carbocycles. The third kappa shape index (κ3) is 5.84. The van der Waals surface area contributed by atoms with Gasteiger partial charge in [0.2, 0.25) is 5.91 Å². The number of nitrogens with two attached hydrogens (primary N) is 2. The van der Waals surface area contributed by atoms with E-state index >= 15 is 0 Å². The number of H-pyrrole nitrogens is 1. The fraction of sp³-hybridized carbons (Fsp3) is 0.227. The molecule has 0 aliphatic carbocycles. The van der Waals surface area contributed by atoms with Gasteiger partial charge >= 0.3 is 6.09 Å².